The molecule has 0 heterocycles. The molecule has 0 amide bonds. The second kappa shape index (κ2) is 9.93. The number of carboxylic acid groups (broad SMARTS) is 1. The normalized spacial score (nSPS) is 13.6. The molecule has 4 nitrogen and oxygen atoms in total. The minimum atomic E-state index is -6.46. The maximum atomic E-state index is 12.5. The molecule has 0 radical (unpaired) electrons. The van der Waals surface area contributed by atoms with Crippen molar-refractivity contribution in [3.05, 3.63) is 24.8 Å². The van der Waals surface area contributed by atoms with Gasteiger partial charge in [0, 0.05) is 18.1 Å². The average molecular weight is 508 g/mol. The van der Waals surface area contributed by atoms with Crippen molar-refractivity contribution in [1.82, 2.24) is 0 Å². The van der Waals surface area contributed by atoms with Gasteiger partial charge in [-0.3, -0.25) is 0 Å². The highest BCUT2D eigenvalue weighted by Gasteiger charge is 2.74. The highest BCUT2D eigenvalue weighted by atomic mass is 19.4. The molecular formula is C14H10F14O4. The summed E-state index contributed by atoms with van der Waals surface area (Å²) in [6, 6.07) is 0. The Morgan fingerprint density at radius 3 is 1.38 bits per heavy atom. The molecule has 0 saturated carbocycles. The fourth-order valence-corrected chi connectivity index (χ4v) is 1.18. The lowest BCUT2D eigenvalue weighted by atomic mass is 10.0. The number of hydrogen-bond donors (Lipinski definition) is 1. The molecule has 0 aromatic heterocycles. The Labute approximate surface area is 168 Å². The zero-order chi connectivity index (χ0) is 26.6. The first-order valence-electron chi connectivity index (χ1n) is 7.13. The highest BCUT2D eigenvalue weighted by molar-refractivity contribution is 5.85. The van der Waals surface area contributed by atoms with E-state index < -0.39 is 66.6 Å². The lowest BCUT2D eigenvalue weighted by Gasteiger charge is -2.28. The van der Waals surface area contributed by atoms with Crippen molar-refractivity contribution in [3.63, 3.8) is 0 Å². The fourth-order valence-electron chi connectivity index (χ4n) is 1.18. The Balaban J connectivity index is 0. The maximum Gasteiger partial charge on any atom is 0.460 e. The first-order chi connectivity index (χ1) is 13.8. The molecule has 0 fully saturated rings. The quantitative estimate of drug-likeness (QED) is 0.271. The van der Waals surface area contributed by atoms with Gasteiger partial charge >= 0.3 is 48.0 Å². The summed E-state index contributed by atoms with van der Waals surface area (Å²) in [5, 5.41) is 8.05. The number of carbonyl (C=O) groups is 2. The van der Waals surface area contributed by atoms with E-state index in [1.54, 1.807) is 0 Å². The molecule has 0 rings (SSSR count). The number of alkyl halides is 14. The molecule has 0 bridgehead atoms. The Bertz CT molecular complexity index is 703. The third kappa shape index (κ3) is 7.54. The molecule has 0 aliphatic heterocycles. The summed E-state index contributed by atoms with van der Waals surface area (Å²) in [5.41, 5.74) is -1.44. The van der Waals surface area contributed by atoms with E-state index in [0.29, 0.717) is 6.08 Å². The fraction of sp³-hybridized carbons (Fsp3) is 0.571. The molecule has 0 aromatic rings. The van der Waals surface area contributed by atoms with Crippen LogP contribution in [0, 0.1) is 0 Å². The van der Waals surface area contributed by atoms with Crippen molar-refractivity contribution in [3.8, 4) is 0 Å². The van der Waals surface area contributed by atoms with Gasteiger partial charge in [-0.1, -0.05) is 13.2 Å². The van der Waals surface area contributed by atoms with Crippen molar-refractivity contribution in [2.24, 2.45) is 0 Å². The molecule has 0 unspecified atom stereocenters. The zero-order valence-electron chi connectivity index (χ0n) is 14.9. The molecule has 32 heavy (non-hydrogen) atoms. The van der Waals surface area contributed by atoms with Crippen LogP contribution in [0.4, 0.5) is 61.5 Å². The van der Waals surface area contributed by atoms with Crippen LogP contribution in [0.1, 0.15) is 6.42 Å². The molecule has 0 aromatic carbocycles. The van der Waals surface area contributed by atoms with E-state index >= 15 is 0 Å². The van der Waals surface area contributed by atoms with Gasteiger partial charge in [-0.2, -0.15) is 61.5 Å². The van der Waals surface area contributed by atoms with Crippen LogP contribution in [0.15, 0.2) is 24.8 Å². The second-order valence-corrected chi connectivity index (χ2v) is 5.45. The number of carbonyl (C=O) groups excluding carboxylic acids is 1. The van der Waals surface area contributed by atoms with E-state index in [1.807, 2.05) is 0 Å². The summed E-state index contributed by atoms with van der Waals surface area (Å²) in [5.74, 6) is -27.3. The minimum absolute atomic E-state index is 0.349. The topological polar surface area (TPSA) is 63.6 Å². The smallest absolute Gasteiger partial charge is 0.460 e. The Hall–Kier alpha value is -2.56. The number of esters is 1. The minimum Gasteiger partial charge on any atom is -0.478 e. The van der Waals surface area contributed by atoms with E-state index in [0.717, 1.165) is 0 Å². The first kappa shape index (κ1) is 31.6. The number of aliphatic carboxylic acids is 1. The number of hydrogen-bond acceptors (Lipinski definition) is 3. The summed E-state index contributed by atoms with van der Waals surface area (Å²) in [4.78, 5) is 20.2. The number of ether oxygens (including phenoxy) is 1. The van der Waals surface area contributed by atoms with Crippen LogP contribution < -0.4 is 0 Å². The van der Waals surface area contributed by atoms with Crippen molar-refractivity contribution < 1.29 is 80.9 Å². The van der Waals surface area contributed by atoms with Crippen LogP contribution in [0.3, 0.4) is 0 Å². The number of rotatable bonds is 8. The number of halogens is 14. The van der Waals surface area contributed by atoms with Gasteiger partial charge < -0.3 is 9.84 Å². The summed E-state index contributed by atoms with van der Waals surface area (Å²) >= 11 is 0. The molecule has 0 saturated heterocycles. The van der Waals surface area contributed by atoms with Crippen molar-refractivity contribution >= 4 is 11.9 Å². The van der Waals surface area contributed by atoms with Crippen LogP contribution >= 0.6 is 0 Å². The standard InChI is InChI=1S/2C7H5F7O2/c1-3(4(15)16)2-5(8,9)6(10,11)7(12,13)14;1-2-4(15)16-3-5(8,9)6(10,11)7(12,13)14/h1-2H2,(H,15,16);2H,1,3H2. The van der Waals surface area contributed by atoms with Gasteiger partial charge in [0.2, 0.25) is 0 Å². The van der Waals surface area contributed by atoms with Crippen molar-refractivity contribution in [1.29, 1.82) is 0 Å². The number of carboxylic acids is 1. The second-order valence-electron chi connectivity index (χ2n) is 5.45. The molecule has 0 spiro atoms. The van der Waals surface area contributed by atoms with Crippen molar-refractivity contribution in [2.75, 3.05) is 6.61 Å². The molecule has 1 N–H and O–H groups in total. The summed E-state index contributed by atoms with van der Waals surface area (Å²) in [6.07, 6.45) is -14.8. The Morgan fingerprint density at radius 1 is 0.750 bits per heavy atom. The van der Waals surface area contributed by atoms with Gasteiger partial charge in [-0.15, -0.1) is 0 Å². The van der Waals surface area contributed by atoms with Gasteiger partial charge in [0.15, 0.2) is 6.61 Å². The van der Waals surface area contributed by atoms with Crippen LogP contribution in [0.25, 0.3) is 0 Å². The SMILES string of the molecule is C=C(CC(F)(F)C(F)(F)C(F)(F)F)C(=O)O.C=CC(=O)OCC(F)(F)C(F)(F)C(F)(F)F. The maximum absolute atomic E-state index is 12.5. The summed E-state index contributed by atoms with van der Waals surface area (Å²) in [7, 11) is 0. The Morgan fingerprint density at radius 2 is 1.09 bits per heavy atom. The Kier molecular flexibility index (Phi) is 9.81. The van der Waals surface area contributed by atoms with Crippen LogP contribution in [0.2, 0.25) is 0 Å². The lowest BCUT2D eigenvalue weighted by Crippen LogP contribution is -2.54. The summed E-state index contributed by atoms with van der Waals surface area (Å²) < 4.78 is 171. The van der Waals surface area contributed by atoms with E-state index in [2.05, 4.69) is 17.9 Å². The van der Waals surface area contributed by atoms with E-state index in [-0.39, 0.29) is 0 Å². The average Bonchev–Trinajstić information content (AvgIpc) is 2.57. The van der Waals surface area contributed by atoms with E-state index in [4.69, 9.17) is 5.11 Å². The van der Waals surface area contributed by atoms with Gasteiger partial charge in [0.05, 0.1) is 0 Å². The van der Waals surface area contributed by atoms with Crippen LogP contribution in [-0.2, 0) is 14.3 Å². The predicted molar refractivity (Wildman–Crippen MR) is 74.4 cm³/mol. The summed E-state index contributed by atoms with van der Waals surface area (Å²) in [6.45, 7) is 2.81. The highest BCUT2D eigenvalue weighted by Crippen LogP contribution is 2.49. The zero-order valence-corrected chi connectivity index (χ0v) is 14.9. The van der Waals surface area contributed by atoms with Crippen molar-refractivity contribution in [2.45, 2.75) is 42.5 Å². The van der Waals surface area contributed by atoms with E-state index in [1.165, 1.54) is 0 Å². The van der Waals surface area contributed by atoms with E-state index in [9.17, 15) is 71.1 Å². The third-order valence-corrected chi connectivity index (χ3v) is 2.93. The van der Waals surface area contributed by atoms with Gasteiger partial charge in [-0.05, 0) is 0 Å². The molecule has 0 atom stereocenters. The molecule has 0 aliphatic rings. The largest absolute Gasteiger partial charge is 0.478 e. The lowest BCUT2D eigenvalue weighted by molar-refractivity contribution is -0.359. The first-order valence-corrected chi connectivity index (χ1v) is 7.13. The molecular weight excluding hydrogens is 498 g/mol. The predicted octanol–water partition coefficient (Wildman–Crippen LogP) is 5.40. The van der Waals surface area contributed by atoms with Gasteiger partial charge in [0.1, 0.15) is 0 Å². The third-order valence-electron chi connectivity index (χ3n) is 2.93. The molecule has 18 heteroatoms. The van der Waals surface area contributed by atoms with Crippen LogP contribution in [-0.4, -0.2) is 59.7 Å². The van der Waals surface area contributed by atoms with Gasteiger partial charge in [0.25, 0.3) is 0 Å². The van der Waals surface area contributed by atoms with Crippen LogP contribution in [0.5, 0.6) is 0 Å². The van der Waals surface area contributed by atoms with Gasteiger partial charge in [-0.25, -0.2) is 9.59 Å². The monoisotopic (exact) mass is 508 g/mol. The molecule has 188 valence electrons. The molecule has 0 aliphatic carbocycles.